The van der Waals surface area contributed by atoms with Gasteiger partial charge in [0.1, 0.15) is 0 Å². The molecule has 7 rings (SSSR count). The molecule has 0 atom stereocenters. The average Bonchev–Trinajstić information content (AvgIpc) is 2.81. The molecule has 0 saturated heterocycles. The molecule has 0 aliphatic heterocycles. The zero-order valence-corrected chi connectivity index (χ0v) is 28.7. The second-order valence-electron chi connectivity index (χ2n) is 11.2. The van der Waals surface area contributed by atoms with Crippen molar-refractivity contribution in [3.8, 4) is 0 Å². The molecule has 0 aromatic heterocycles. The van der Waals surface area contributed by atoms with E-state index in [-0.39, 0.29) is 65.9 Å². The highest BCUT2D eigenvalue weighted by atomic mass is 35.5. The summed E-state index contributed by atoms with van der Waals surface area (Å²) in [6, 6.07) is 9.08. The first-order valence-corrected chi connectivity index (χ1v) is 17.8. The topological polar surface area (TPSA) is 26.3 Å². The summed E-state index contributed by atoms with van der Waals surface area (Å²) < 4.78 is 6.89. The molecule has 0 N–H and O–H groups in total. The predicted molar refractivity (Wildman–Crippen MR) is 174 cm³/mol. The Morgan fingerprint density at radius 2 is 0.829 bits per heavy atom. The lowest BCUT2D eigenvalue weighted by Crippen LogP contribution is -2.50. The summed E-state index contributed by atoms with van der Waals surface area (Å²) in [7, 11) is -3.38. The maximum absolute atomic E-state index is 14.8. The van der Waals surface area contributed by atoms with E-state index in [0.717, 1.165) is 38.5 Å². The van der Waals surface area contributed by atoms with Crippen molar-refractivity contribution in [1.82, 2.24) is 0 Å². The van der Waals surface area contributed by atoms with Gasteiger partial charge in [0.15, 0.2) is 0 Å². The molecule has 218 valence electrons. The second-order valence-corrected chi connectivity index (χ2v) is 17.5. The molecule has 3 aromatic carbocycles. The quantitative estimate of drug-likeness (QED) is 0.259. The largest absolute Gasteiger partial charge is 0.401 e. The second kappa shape index (κ2) is 11.5. The highest BCUT2D eigenvalue weighted by molar-refractivity contribution is 8.30. The zero-order chi connectivity index (χ0) is 29.4. The third-order valence-electron chi connectivity index (χ3n) is 8.42. The number of benzene rings is 3. The monoisotopic (exact) mass is 748 g/mol. The van der Waals surface area contributed by atoms with E-state index in [1.54, 1.807) is 0 Å². The van der Waals surface area contributed by atoms with E-state index in [9.17, 15) is 4.79 Å². The summed E-state index contributed by atoms with van der Waals surface area (Å²) in [5, 5.41) is 1.60. The molecule has 2 nitrogen and oxygen atoms in total. The van der Waals surface area contributed by atoms with Gasteiger partial charge in [-0.1, -0.05) is 104 Å². The van der Waals surface area contributed by atoms with Crippen molar-refractivity contribution in [2.75, 3.05) is 0 Å². The van der Waals surface area contributed by atoms with Gasteiger partial charge in [-0.25, -0.2) is 0 Å². The first-order valence-electron chi connectivity index (χ1n) is 12.8. The maximum Gasteiger partial charge on any atom is 0.323 e. The molecule has 3 aromatic rings. The summed E-state index contributed by atoms with van der Waals surface area (Å²) in [5.74, 6) is 1.06. The molecule has 4 fully saturated rings. The molecule has 4 bridgehead atoms. The molecule has 0 amide bonds. The van der Waals surface area contributed by atoms with Gasteiger partial charge in [0.25, 0.3) is 0 Å². The third-order valence-corrected chi connectivity index (χ3v) is 15.0. The maximum atomic E-state index is 14.8. The van der Waals surface area contributed by atoms with Gasteiger partial charge in [-0.3, -0.25) is 4.79 Å². The smallest absolute Gasteiger partial charge is 0.323 e. The van der Waals surface area contributed by atoms with Crippen LogP contribution in [0.1, 0.15) is 38.5 Å². The lowest BCUT2D eigenvalue weighted by Gasteiger charge is -2.56. The summed E-state index contributed by atoms with van der Waals surface area (Å²) >= 11 is 60.6. The molecule has 4 saturated carbocycles. The molecule has 0 unspecified atom stereocenters. The van der Waals surface area contributed by atoms with E-state index in [0.29, 0.717) is 17.8 Å². The Morgan fingerprint density at radius 3 is 1.10 bits per heavy atom. The molecule has 0 spiro atoms. The number of carbonyl (C=O) groups excluding carboxylic acids is 1. The van der Waals surface area contributed by atoms with Gasteiger partial charge >= 0.3 is 5.97 Å². The van der Waals surface area contributed by atoms with Gasteiger partial charge in [-0.2, -0.15) is 0 Å². The summed E-state index contributed by atoms with van der Waals surface area (Å²) in [5.41, 5.74) is -0.671. The van der Waals surface area contributed by atoms with Crippen LogP contribution < -0.4 is 0 Å². The molecule has 4 aliphatic rings. The van der Waals surface area contributed by atoms with Crippen molar-refractivity contribution >= 4 is 121 Å². The van der Waals surface area contributed by atoms with Gasteiger partial charge in [-0.05, 0) is 92.7 Å². The van der Waals surface area contributed by atoms with Crippen molar-refractivity contribution in [3.05, 3.63) is 81.6 Å². The summed E-state index contributed by atoms with van der Waals surface area (Å²) in [6.07, 6.45) is 5.67. The fourth-order valence-corrected chi connectivity index (χ4v) is 15.1. The first kappa shape index (κ1) is 31.1. The van der Waals surface area contributed by atoms with Gasteiger partial charge in [0.05, 0.1) is 50.2 Å². The van der Waals surface area contributed by atoms with Crippen LogP contribution in [0.5, 0.6) is 0 Å². The Morgan fingerprint density at radius 1 is 0.561 bits per heavy atom. The Kier molecular flexibility index (Phi) is 8.69. The van der Waals surface area contributed by atoms with Crippen LogP contribution in [0.15, 0.2) is 51.1 Å². The van der Waals surface area contributed by atoms with Gasteiger partial charge in [0.2, 0.25) is 0 Å². The SMILES string of the molecule is O=C(OS(c1c(Cl)cc(Cl)cc1Cl)(c1c(Cl)cc(Cl)cc1Cl)c1c(Cl)cc(Cl)cc1Cl)C12CC3CC(CC(C3)C1)C2. The molecule has 0 radical (unpaired) electrons. The van der Waals surface area contributed by atoms with Crippen LogP contribution in [0.2, 0.25) is 45.2 Å². The summed E-state index contributed by atoms with van der Waals surface area (Å²) in [6.45, 7) is 0. The Bertz CT molecular complexity index is 1350. The number of rotatable bonds is 5. The van der Waals surface area contributed by atoms with E-state index in [4.69, 9.17) is 109 Å². The van der Waals surface area contributed by atoms with E-state index < -0.39 is 15.7 Å². The Hall–Kier alpha value is 0.0900. The highest BCUT2D eigenvalue weighted by Crippen LogP contribution is 2.78. The van der Waals surface area contributed by atoms with Crippen LogP contribution in [0.3, 0.4) is 0 Å². The molecule has 41 heavy (non-hydrogen) atoms. The average molecular weight is 753 g/mol. The standard InChI is InChI=1S/C29H21Cl9O2S/c30-16-4-19(33)25(20(34)5-16)41(26-21(35)6-17(31)7-22(26)36,27-23(37)8-18(32)9-24(27)38)40-28(39)29-10-13-1-14(11-29)3-15(2-13)12-29/h4-9,13-15H,1-3,10-12H2. The van der Waals surface area contributed by atoms with Gasteiger partial charge < -0.3 is 4.18 Å². The van der Waals surface area contributed by atoms with Crippen molar-refractivity contribution in [2.45, 2.75) is 53.2 Å². The minimum absolute atomic E-state index is 0.125. The van der Waals surface area contributed by atoms with Crippen LogP contribution in [0.4, 0.5) is 0 Å². The van der Waals surface area contributed by atoms with Crippen LogP contribution in [-0.2, 0) is 8.98 Å². The van der Waals surface area contributed by atoms with Crippen molar-refractivity contribution < 1.29 is 8.98 Å². The fraction of sp³-hybridized carbons (Fsp3) is 0.345. The number of halogens is 9. The van der Waals surface area contributed by atoms with E-state index >= 15 is 0 Å². The van der Waals surface area contributed by atoms with Crippen LogP contribution in [-0.4, -0.2) is 5.97 Å². The molecule has 0 heterocycles. The highest BCUT2D eigenvalue weighted by Gasteiger charge is 2.58. The predicted octanol–water partition coefficient (Wildman–Crippen LogP) is 13.5. The fourth-order valence-electron chi connectivity index (χ4n) is 7.40. The van der Waals surface area contributed by atoms with Crippen molar-refractivity contribution in [3.63, 3.8) is 0 Å². The van der Waals surface area contributed by atoms with Gasteiger partial charge in [-0.15, -0.1) is 0 Å². The van der Waals surface area contributed by atoms with E-state index in [2.05, 4.69) is 0 Å². The van der Waals surface area contributed by atoms with E-state index in [1.807, 2.05) is 0 Å². The first-order chi connectivity index (χ1) is 19.3. The van der Waals surface area contributed by atoms with Crippen LogP contribution in [0, 0.1) is 23.2 Å². The molecular weight excluding hydrogens is 731 g/mol. The lowest BCUT2D eigenvalue weighted by atomic mass is 9.49. The minimum Gasteiger partial charge on any atom is -0.401 e. The normalized spacial score (nSPS) is 25.4. The van der Waals surface area contributed by atoms with E-state index in [1.165, 1.54) is 36.4 Å². The number of hydrogen-bond donors (Lipinski definition) is 0. The Balaban J connectivity index is 1.69. The van der Waals surface area contributed by atoms with Crippen LogP contribution >= 0.6 is 115 Å². The lowest BCUT2D eigenvalue weighted by molar-refractivity contribution is -0.160. The molecule has 12 heteroatoms. The van der Waals surface area contributed by atoms with Crippen LogP contribution in [0.25, 0.3) is 0 Å². The Labute approximate surface area is 285 Å². The third kappa shape index (κ3) is 5.37. The van der Waals surface area contributed by atoms with Crippen molar-refractivity contribution in [1.29, 1.82) is 0 Å². The number of hydrogen-bond acceptors (Lipinski definition) is 2. The molecular formula is C29H21Cl9O2S. The van der Waals surface area contributed by atoms with Gasteiger partial charge in [0, 0.05) is 25.4 Å². The zero-order valence-electron chi connectivity index (χ0n) is 21.1. The number of carbonyl (C=O) groups is 1. The minimum atomic E-state index is -3.38. The van der Waals surface area contributed by atoms with Crippen molar-refractivity contribution in [2.24, 2.45) is 23.2 Å². The summed E-state index contributed by atoms with van der Waals surface area (Å²) in [4.78, 5) is 15.5. The molecule has 4 aliphatic carbocycles.